The maximum absolute atomic E-state index is 12.4. The first-order valence-electron chi connectivity index (χ1n) is 6.34. The summed E-state index contributed by atoms with van der Waals surface area (Å²) in [5, 5.41) is 3.31. The first-order valence-corrected chi connectivity index (χ1v) is 6.34. The van der Waals surface area contributed by atoms with E-state index >= 15 is 0 Å². The van der Waals surface area contributed by atoms with E-state index in [0.717, 1.165) is 31.7 Å². The van der Waals surface area contributed by atoms with Crippen LogP contribution in [-0.4, -0.2) is 44.1 Å². The van der Waals surface area contributed by atoms with E-state index in [4.69, 9.17) is 4.74 Å². The Balaban J connectivity index is 2.09. The Labute approximate surface area is 108 Å². The fourth-order valence-corrected chi connectivity index (χ4v) is 2.32. The number of amides is 1. The molecule has 4 nitrogen and oxygen atoms in total. The SMILES string of the molecule is COc1cccc(C(=O)N(C)C2CCNCC2)c1. The van der Waals surface area contributed by atoms with Crippen LogP contribution in [0.25, 0.3) is 0 Å². The van der Waals surface area contributed by atoms with Crippen molar-refractivity contribution in [3.8, 4) is 5.75 Å². The van der Waals surface area contributed by atoms with E-state index in [2.05, 4.69) is 5.32 Å². The van der Waals surface area contributed by atoms with Gasteiger partial charge in [-0.1, -0.05) is 6.07 Å². The van der Waals surface area contributed by atoms with Crippen molar-refractivity contribution >= 4 is 5.91 Å². The average Bonchev–Trinajstić information content (AvgIpc) is 2.46. The van der Waals surface area contributed by atoms with Crippen LogP contribution in [0.3, 0.4) is 0 Å². The second-order valence-electron chi connectivity index (χ2n) is 4.63. The van der Waals surface area contributed by atoms with E-state index < -0.39 is 0 Å². The van der Waals surface area contributed by atoms with E-state index in [1.807, 2.05) is 30.1 Å². The second kappa shape index (κ2) is 5.87. The Hall–Kier alpha value is -1.55. The number of rotatable bonds is 3. The summed E-state index contributed by atoms with van der Waals surface area (Å²) >= 11 is 0. The third kappa shape index (κ3) is 2.82. The van der Waals surface area contributed by atoms with Gasteiger partial charge >= 0.3 is 0 Å². The molecule has 4 heteroatoms. The molecule has 0 bridgehead atoms. The first kappa shape index (κ1) is 12.9. The lowest BCUT2D eigenvalue weighted by atomic mass is 10.0. The van der Waals surface area contributed by atoms with Gasteiger partial charge in [0.25, 0.3) is 5.91 Å². The highest BCUT2D eigenvalue weighted by molar-refractivity contribution is 5.94. The Kier molecular flexibility index (Phi) is 4.20. The molecule has 0 aliphatic carbocycles. The highest BCUT2D eigenvalue weighted by Crippen LogP contribution is 2.17. The van der Waals surface area contributed by atoms with Crippen LogP contribution in [0, 0.1) is 0 Å². The van der Waals surface area contributed by atoms with E-state index in [9.17, 15) is 4.79 Å². The molecule has 98 valence electrons. The molecule has 18 heavy (non-hydrogen) atoms. The maximum Gasteiger partial charge on any atom is 0.253 e. The van der Waals surface area contributed by atoms with Crippen LogP contribution in [0.2, 0.25) is 0 Å². The number of methoxy groups -OCH3 is 1. The molecule has 1 aliphatic heterocycles. The molecule has 1 aromatic carbocycles. The second-order valence-corrected chi connectivity index (χ2v) is 4.63. The van der Waals surface area contributed by atoms with Gasteiger partial charge in [0.05, 0.1) is 7.11 Å². The molecule has 1 heterocycles. The van der Waals surface area contributed by atoms with Gasteiger partial charge in [0.15, 0.2) is 0 Å². The molecule has 0 spiro atoms. The molecule has 0 aromatic heterocycles. The largest absolute Gasteiger partial charge is 0.497 e. The van der Waals surface area contributed by atoms with Gasteiger partial charge in [-0.05, 0) is 44.1 Å². The molecule has 0 atom stereocenters. The summed E-state index contributed by atoms with van der Waals surface area (Å²) in [6, 6.07) is 7.66. The van der Waals surface area contributed by atoms with E-state index in [0.29, 0.717) is 11.6 Å². The Bertz CT molecular complexity index is 414. The van der Waals surface area contributed by atoms with Crippen molar-refractivity contribution in [2.45, 2.75) is 18.9 Å². The summed E-state index contributed by atoms with van der Waals surface area (Å²) in [5.41, 5.74) is 0.690. The molecule has 1 amide bonds. The quantitative estimate of drug-likeness (QED) is 0.881. The zero-order chi connectivity index (χ0) is 13.0. The number of hydrogen-bond donors (Lipinski definition) is 1. The number of nitrogens with zero attached hydrogens (tertiary/aromatic N) is 1. The molecule has 0 unspecified atom stereocenters. The fraction of sp³-hybridized carbons (Fsp3) is 0.500. The number of ether oxygens (including phenoxy) is 1. The van der Waals surface area contributed by atoms with Crippen molar-refractivity contribution in [3.63, 3.8) is 0 Å². The predicted molar refractivity (Wildman–Crippen MR) is 71.0 cm³/mol. The van der Waals surface area contributed by atoms with Crippen LogP contribution >= 0.6 is 0 Å². The molecule has 1 saturated heterocycles. The molecule has 1 aliphatic rings. The summed E-state index contributed by atoms with van der Waals surface area (Å²) in [5.74, 6) is 0.792. The van der Waals surface area contributed by atoms with E-state index in [1.165, 1.54) is 0 Å². The van der Waals surface area contributed by atoms with Crippen molar-refractivity contribution < 1.29 is 9.53 Å². The van der Waals surface area contributed by atoms with Crippen molar-refractivity contribution in [2.75, 3.05) is 27.2 Å². The summed E-state index contributed by atoms with van der Waals surface area (Å²) in [4.78, 5) is 14.2. The third-order valence-electron chi connectivity index (χ3n) is 3.49. The van der Waals surface area contributed by atoms with E-state index in [1.54, 1.807) is 13.2 Å². The van der Waals surface area contributed by atoms with Gasteiger partial charge < -0.3 is 15.0 Å². The van der Waals surface area contributed by atoms with Gasteiger partial charge in [-0.25, -0.2) is 0 Å². The van der Waals surface area contributed by atoms with E-state index in [-0.39, 0.29) is 5.91 Å². The molecular weight excluding hydrogens is 228 g/mol. The van der Waals surface area contributed by atoms with Crippen LogP contribution in [0.5, 0.6) is 5.75 Å². The zero-order valence-electron chi connectivity index (χ0n) is 11.0. The van der Waals surface area contributed by atoms with Crippen LogP contribution in [0.15, 0.2) is 24.3 Å². The molecule has 0 saturated carbocycles. The topological polar surface area (TPSA) is 41.6 Å². The lowest BCUT2D eigenvalue weighted by Gasteiger charge is -2.31. The predicted octanol–water partition coefficient (Wildman–Crippen LogP) is 1.52. The Morgan fingerprint density at radius 3 is 2.78 bits per heavy atom. The molecule has 1 N–H and O–H groups in total. The summed E-state index contributed by atoms with van der Waals surface area (Å²) < 4.78 is 5.15. The van der Waals surface area contributed by atoms with Crippen LogP contribution in [0.4, 0.5) is 0 Å². The Morgan fingerprint density at radius 1 is 1.39 bits per heavy atom. The smallest absolute Gasteiger partial charge is 0.253 e. The van der Waals surface area contributed by atoms with Crippen molar-refractivity contribution in [1.82, 2.24) is 10.2 Å². The first-order chi connectivity index (χ1) is 8.72. The van der Waals surface area contributed by atoms with Gasteiger partial charge in [0.2, 0.25) is 0 Å². The normalized spacial score (nSPS) is 16.3. The van der Waals surface area contributed by atoms with Crippen molar-refractivity contribution in [2.24, 2.45) is 0 Å². The lowest BCUT2D eigenvalue weighted by molar-refractivity contribution is 0.0703. The summed E-state index contributed by atoms with van der Waals surface area (Å²) in [7, 11) is 3.50. The highest BCUT2D eigenvalue weighted by Gasteiger charge is 2.22. The third-order valence-corrected chi connectivity index (χ3v) is 3.49. The maximum atomic E-state index is 12.4. The zero-order valence-corrected chi connectivity index (χ0v) is 11.0. The van der Waals surface area contributed by atoms with Crippen molar-refractivity contribution in [1.29, 1.82) is 0 Å². The van der Waals surface area contributed by atoms with Gasteiger partial charge in [0, 0.05) is 18.7 Å². The number of nitrogens with one attached hydrogen (secondary N) is 1. The standard InChI is InChI=1S/C14H20N2O2/c1-16(12-6-8-15-9-7-12)14(17)11-4-3-5-13(10-11)18-2/h3-5,10,12,15H,6-9H2,1-2H3. The molecule has 2 rings (SSSR count). The molecule has 1 aromatic rings. The minimum atomic E-state index is 0.0702. The number of hydrogen-bond acceptors (Lipinski definition) is 3. The van der Waals surface area contributed by atoms with Gasteiger partial charge in [-0.2, -0.15) is 0 Å². The molecular formula is C14H20N2O2. The minimum absolute atomic E-state index is 0.0702. The summed E-state index contributed by atoms with van der Waals surface area (Å²) in [6.07, 6.45) is 2.04. The van der Waals surface area contributed by atoms with Crippen LogP contribution in [0.1, 0.15) is 23.2 Å². The van der Waals surface area contributed by atoms with Gasteiger partial charge in [-0.15, -0.1) is 0 Å². The van der Waals surface area contributed by atoms with Gasteiger partial charge in [0.1, 0.15) is 5.75 Å². The fourth-order valence-electron chi connectivity index (χ4n) is 2.32. The van der Waals surface area contributed by atoms with Gasteiger partial charge in [-0.3, -0.25) is 4.79 Å². The number of benzene rings is 1. The highest BCUT2D eigenvalue weighted by atomic mass is 16.5. The minimum Gasteiger partial charge on any atom is -0.497 e. The van der Waals surface area contributed by atoms with Crippen molar-refractivity contribution in [3.05, 3.63) is 29.8 Å². The summed E-state index contributed by atoms with van der Waals surface area (Å²) in [6.45, 7) is 1.97. The van der Waals surface area contributed by atoms with Crippen LogP contribution < -0.4 is 10.1 Å². The average molecular weight is 248 g/mol. The van der Waals surface area contributed by atoms with Crippen LogP contribution in [-0.2, 0) is 0 Å². The Morgan fingerprint density at radius 2 is 2.11 bits per heavy atom. The number of carbonyl (C=O) groups excluding carboxylic acids is 1. The number of piperidine rings is 1. The molecule has 0 radical (unpaired) electrons. The number of carbonyl (C=O) groups is 1. The molecule has 1 fully saturated rings. The lowest BCUT2D eigenvalue weighted by Crippen LogP contribution is -2.43. The monoisotopic (exact) mass is 248 g/mol.